The lowest BCUT2D eigenvalue weighted by Gasteiger charge is -2.32. The van der Waals surface area contributed by atoms with Gasteiger partial charge in [0.25, 0.3) is 10.0 Å². The number of hydrogen-bond donors (Lipinski definition) is 1. The van der Waals surface area contributed by atoms with Crippen LogP contribution in [-0.4, -0.2) is 58.0 Å². The highest BCUT2D eigenvalue weighted by atomic mass is 35.5. The number of halogens is 1. The van der Waals surface area contributed by atoms with Crippen LogP contribution in [0.4, 0.5) is 5.69 Å². The predicted molar refractivity (Wildman–Crippen MR) is 167 cm³/mol. The van der Waals surface area contributed by atoms with Gasteiger partial charge in [-0.15, -0.1) is 0 Å². The van der Waals surface area contributed by atoms with E-state index < -0.39 is 28.5 Å². The summed E-state index contributed by atoms with van der Waals surface area (Å²) in [5.41, 5.74) is 1.95. The van der Waals surface area contributed by atoms with Gasteiger partial charge in [0, 0.05) is 23.7 Å². The van der Waals surface area contributed by atoms with Crippen LogP contribution in [0.1, 0.15) is 43.7 Å². The normalized spacial score (nSPS) is 14.2. The Balaban J connectivity index is 1.71. The summed E-state index contributed by atoms with van der Waals surface area (Å²) >= 11 is 6.23. The molecule has 1 aliphatic carbocycles. The van der Waals surface area contributed by atoms with E-state index in [9.17, 15) is 18.0 Å². The summed E-state index contributed by atoms with van der Waals surface area (Å²) in [4.78, 5) is 28.8. The Labute approximate surface area is 258 Å². The van der Waals surface area contributed by atoms with E-state index in [2.05, 4.69) is 5.32 Å². The van der Waals surface area contributed by atoms with Gasteiger partial charge in [-0.05, 0) is 68.7 Å². The van der Waals surface area contributed by atoms with Gasteiger partial charge >= 0.3 is 0 Å². The van der Waals surface area contributed by atoms with Crippen molar-refractivity contribution in [1.29, 1.82) is 0 Å². The second-order valence-electron chi connectivity index (χ2n) is 10.7. The highest BCUT2D eigenvalue weighted by Crippen LogP contribution is 2.32. The van der Waals surface area contributed by atoms with Crippen molar-refractivity contribution in [3.63, 3.8) is 0 Å². The van der Waals surface area contributed by atoms with Gasteiger partial charge in [-0.3, -0.25) is 13.9 Å². The minimum atomic E-state index is -4.27. The third kappa shape index (κ3) is 7.80. The van der Waals surface area contributed by atoms with Crippen molar-refractivity contribution < 1.29 is 27.5 Å². The first kappa shape index (κ1) is 32.2. The van der Waals surface area contributed by atoms with Crippen molar-refractivity contribution in [2.24, 2.45) is 0 Å². The SMILES string of the molecule is COc1ccc(S(=O)(=O)N(CC(=O)N(Cc2cccc(Cl)c2)[C@@H](C)C(=O)NC2CCCC2)c2ccc(C)cc2)cc1OC. The first-order valence-electron chi connectivity index (χ1n) is 14.2. The molecule has 230 valence electrons. The Kier molecular flexibility index (Phi) is 10.6. The molecular formula is C32H38ClN3O6S. The fourth-order valence-corrected chi connectivity index (χ4v) is 6.79. The molecule has 0 spiro atoms. The molecule has 1 fully saturated rings. The van der Waals surface area contributed by atoms with E-state index in [4.69, 9.17) is 21.1 Å². The third-order valence-corrected chi connectivity index (χ3v) is 9.66. The molecule has 0 heterocycles. The van der Waals surface area contributed by atoms with Gasteiger partial charge in [0.05, 0.1) is 24.8 Å². The molecule has 1 N–H and O–H groups in total. The van der Waals surface area contributed by atoms with E-state index in [0.717, 1.165) is 35.6 Å². The minimum Gasteiger partial charge on any atom is -0.493 e. The maximum Gasteiger partial charge on any atom is 0.264 e. The zero-order valence-corrected chi connectivity index (χ0v) is 26.5. The van der Waals surface area contributed by atoms with E-state index in [1.54, 1.807) is 49.4 Å². The number of amides is 2. The van der Waals surface area contributed by atoms with Crippen molar-refractivity contribution in [2.45, 2.75) is 63.1 Å². The summed E-state index contributed by atoms with van der Waals surface area (Å²) < 4.78 is 40.0. The summed E-state index contributed by atoms with van der Waals surface area (Å²) in [5.74, 6) is -0.224. The lowest BCUT2D eigenvalue weighted by atomic mass is 10.1. The average Bonchev–Trinajstić information content (AvgIpc) is 3.51. The molecule has 0 aliphatic heterocycles. The van der Waals surface area contributed by atoms with Crippen LogP contribution in [0.2, 0.25) is 5.02 Å². The number of methoxy groups -OCH3 is 2. The van der Waals surface area contributed by atoms with E-state index in [0.29, 0.717) is 22.0 Å². The van der Waals surface area contributed by atoms with Crippen molar-refractivity contribution in [3.05, 3.63) is 82.9 Å². The van der Waals surface area contributed by atoms with Gasteiger partial charge < -0.3 is 19.7 Å². The monoisotopic (exact) mass is 627 g/mol. The van der Waals surface area contributed by atoms with Gasteiger partial charge in [-0.1, -0.05) is 54.3 Å². The van der Waals surface area contributed by atoms with Crippen LogP contribution >= 0.6 is 11.6 Å². The lowest BCUT2D eigenvalue weighted by Crippen LogP contribution is -2.52. The zero-order valence-electron chi connectivity index (χ0n) is 24.9. The fraction of sp³-hybridized carbons (Fsp3) is 0.375. The lowest BCUT2D eigenvalue weighted by molar-refractivity contribution is -0.139. The number of benzene rings is 3. The molecule has 0 unspecified atom stereocenters. The molecular weight excluding hydrogens is 590 g/mol. The van der Waals surface area contributed by atoms with Gasteiger partial charge in [0.1, 0.15) is 12.6 Å². The van der Waals surface area contributed by atoms with Crippen LogP contribution in [0, 0.1) is 6.92 Å². The van der Waals surface area contributed by atoms with Gasteiger partial charge in [0.15, 0.2) is 11.5 Å². The number of aryl methyl sites for hydroxylation is 1. The van der Waals surface area contributed by atoms with Gasteiger partial charge in [0.2, 0.25) is 11.8 Å². The second-order valence-corrected chi connectivity index (χ2v) is 13.0. The zero-order chi connectivity index (χ0) is 31.1. The number of nitrogens with zero attached hydrogens (tertiary/aromatic N) is 2. The molecule has 3 aromatic rings. The summed E-state index contributed by atoms with van der Waals surface area (Å²) in [5, 5.41) is 3.56. The van der Waals surface area contributed by atoms with Crippen molar-refractivity contribution >= 4 is 39.1 Å². The number of rotatable bonds is 12. The van der Waals surface area contributed by atoms with Crippen LogP contribution in [0.3, 0.4) is 0 Å². The summed E-state index contributed by atoms with van der Waals surface area (Å²) in [6, 6.07) is 17.4. The Morgan fingerprint density at radius 2 is 1.65 bits per heavy atom. The molecule has 4 rings (SSSR count). The molecule has 43 heavy (non-hydrogen) atoms. The number of nitrogens with one attached hydrogen (secondary N) is 1. The highest BCUT2D eigenvalue weighted by Gasteiger charge is 2.33. The average molecular weight is 628 g/mol. The largest absolute Gasteiger partial charge is 0.493 e. The number of ether oxygens (including phenoxy) is 2. The Morgan fingerprint density at radius 1 is 0.977 bits per heavy atom. The number of hydrogen-bond acceptors (Lipinski definition) is 6. The first-order valence-corrected chi connectivity index (χ1v) is 16.0. The summed E-state index contributed by atoms with van der Waals surface area (Å²) in [6.45, 7) is 3.07. The number of anilines is 1. The number of carbonyl (C=O) groups is 2. The van der Waals surface area contributed by atoms with E-state index in [1.807, 2.05) is 13.0 Å². The summed E-state index contributed by atoms with van der Waals surface area (Å²) in [7, 11) is -1.39. The molecule has 0 radical (unpaired) electrons. The first-order chi connectivity index (χ1) is 20.5. The Bertz CT molecular complexity index is 1540. The van der Waals surface area contributed by atoms with Crippen molar-refractivity contribution in [3.8, 4) is 11.5 Å². The smallest absolute Gasteiger partial charge is 0.264 e. The highest BCUT2D eigenvalue weighted by molar-refractivity contribution is 7.92. The van der Waals surface area contributed by atoms with E-state index in [1.165, 1.54) is 37.3 Å². The fourth-order valence-electron chi connectivity index (χ4n) is 5.15. The number of carbonyl (C=O) groups excluding carboxylic acids is 2. The van der Waals surface area contributed by atoms with Crippen LogP contribution in [0.25, 0.3) is 0 Å². The molecule has 0 aromatic heterocycles. The maximum absolute atomic E-state index is 14.1. The molecule has 2 amide bonds. The van der Waals surface area contributed by atoms with Crippen molar-refractivity contribution in [2.75, 3.05) is 25.1 Å². The maximum atomic E-state index is 14.1. The Morgan fingerprint density at radius 3 is 2.28 bits per heavy atom. The summed E-state index contributed by atoms with van der Waals surface area (Å²) in [6.07, 6.45) is 3.88. The third-order valence-electron chi connectivity index (χ3n) is 7.65. The van der Waals surface area contributed by atoms with Crippen LogP contribution in [0.15, 0.2) is 71.6 Å². The van der Waals surface area contributed by atoms with Crippen LogP contribution in [0.5, 0.6) is 11.5 Å². The Hall–Kier alpha value is -3.76. The molecule has 1 saturated carbocycles. The van der Waals surface area contributed by atoms with E-state index >= 15 is 0 Å². The second kappa shape index (κ2) is 14.1. The molecule has 9 nitrogen and oxygen atoms in total. The van der Waals surface area contributed by atoms with E-state index in [-0.39, 0.29) is 29.1 Å². The minimum absolute atomic E-state index is 0.0626. The van der Waals surface area contributed by atoms with Crippen molar-refractivity contribution in [1.82, 2.24) is 10.2 Å². The number of sulfonamides is 1. The van der Waals surface area contributed by atoms with Gasteiger partial charge in [-0.2, -0.15) is 0 Å². The van der Waals surface area contributed by atoms with Crippen LogP contribution < -0.4 is 19.1 Å². The standard InChI is InChI=1S/C32H38ClN3O6S/c1-22-12-14-27(15-13-22)36(43(39,40)28-16-17-29(41-3)30(19-28)42-4)21-31(37)35(20-24-8-7-9-25(33)18-24)23(2)32(38)34-26-10-5-6-11-26/h7-9,12-19,23,26H,5-6,10-11,20-21H2,1-4H3,(H,34,38)/t23-/m0/s1. The molecule has 11 heteroatoms. The predicted octanol–water partition coefficient (Wildman–Crippen LogP) is 5.34. The molecule has 0 bridgehead atoms. The molecule has 1 aliphatic rings. The topological polar surface area (TPSA) is 105 Å². The molecule has 3 aromatic carbocycles. The molecule has 1 atom stereocenters. The van der Waals surface area contributed by atoms with Gasteiger partial charge in [-0.25, -0.2) is 8.42 Å². The quantitative estimate of drug-likeness (QED) is 0.291. The van der Waals surface area contributed by atoms with Crippen LogP contribution in [-0.2, 0) is 26.2 Å². The molecule has 0 saturated heterocycles.